The molecular formula is C14H14N2O6S. The third-order valence-corrected chi connectivity index (χ3v) is 4.87. The lowest BCUT2D eigenvalue weighted by molar-refractivity contribution is -0.145. The smallest absolute Gasteiger partial charge is 0.310 e. The maximum absolute atomic E-state index is 12.4. The van der Waals surface area contributed by atoms with E-state index in [0.29, 0.717) is 5.69 Å². The Balaban J connectivity index is 1.77. The minimum Gasteiger partial charge on any atom is -0.481 e. The Bertz CT molecular complexity index is 786. The zero-order valence-corrected chi connectivity index (χ0v) is 12.6. The van der Waals surface area contributed by atoms with E-state index in [0.717, 1.165) is 0 Å². The summed E-state index contributed by atoms with van der Waals surface area (Å²) in [7, 11) is -3.81. The summed E-state index contributed by atoms with van der Waals surface area (Å²) in [5.74, 6) is -3.35. The van der Waals surface area contributed by atoms with Gasteiger partial charge >= 0.3 is 5.97 Å². The molecule has 1 aromatic rings. The zero-order chi connectivity index (χ0) is 16.8. The Morgan fingerprint density at radius 3 is 2.17 bits per heavy atom. The van der Waals surface area contributed by atoms with Gasteiger partial charge in [0.15, 0.2) is 0 Å². The van der Waals surface area contributed by atoms with E-state index in [1.807, 2.05) is 0 Å². The monoisotopic (exact) mass is 338 g/mol. The summed E-state index contributed by atoms with van der Waals surface area (Å²) in [5.41, 5.74) is 0.346. The first-order valence-corrected chi connectivity index (χ1v) is 8.32. The number of carbonyl (C=O) groups is 2. The topological polar surface area (TPSA) is 136 Å². The number of sulfonamides is 1. The van der Waals surface area contributed by atoms with Crippen molar-refractivity contribution < 1.29 is 27.9 Å². The molecule has 0 radical (unpaired) electrons. The van der Waals surface area contributed by atoms with E-state index in [9.17, 15) is 23.1 Å². The number of amides is 1. The van der Waals surface area contributed by atoms with Gasteiger partial charge in [0, 0.05) is 5.69 Å². The zero-order valence-electron chi connectivity index (χ0n) is 11.7. The predicted octanol–water partition coefficient (Wildman–Crippen LogP) is -0.0733. The number of carboxylic acids is 1. The maximum atomic E-state index is 12.4. The van der Waals surface area contributed by atoms with Gasteiger partial charge in [-0.25, -0.2) is 13.6 Å². The van der Waals surface area contributed by atoms with Gasteiger partial charge in [-0.2, -0.15) is 0 Å². The van der Waals surface area contributed by atoms with E-state index in [4.69, 9.17) is 9.88 Å². The number of fused-ring (bicyclic) bond motifs is 2. The summed E-state index contributed by atoms with van der Waals surface area (Å²) in [6.45, 7) is 0. The number of hydrogen-bond acceptors (Lipinski definition) is 5. The molecule has 2 heterocycles. The van der Waals surface area contributed by atoms with Crippen LogP contribution < -0.4 is 10.5 Å². The van der Waals surface area contributed by atoms with Gasteiger partial charge in [-0.05, 0) is 24.3 Å². The van der Waals surface area contributed by atoms with Gasteiger partial charge in [0.1, 0.15) is 5.92 Å². The standard InChI is InChI=1S/C14H14N2O6S/c15-23(20,21)8-3-1-7(2-4-8)16-13(17)11-9-5-6-10(22-9)12(11)14(18)19/h1-6,9-12H,(H,16,17)(H,18,19)(H2,15,20,21)/t9-,10+,11-,12+/m1/s1. The second-order valence-electron chi connectivity index (χ2n) is 5.40. The molecule has 2 aliphatic heterocycles. The van der Waals surface area contributed by atoms with Crippen molar-refractivity contribution in [1.29, 1.82) is 0 Å². The molecule has 122 valence electrons. The van der Waals surface area contributed by atoms with Crippen molar-refractivity contribution in [3.63, 3.8) is 0 Å². The number of nitrogens with two attached hydrogens (primary N) is 1. The number of nitrogens with one attached hydrogen (secondary N) is 1. The van der Waals surface area contributed by atoms with Crippen LogP contribution in [0, 0.1) is 11.8 Å². The predicted molar refractivity (Wildman–Crippen MR) is 78.9 cm³/mol. The van der Waals surface area contributed by atoms with Crippen LogP contribution in [0.1, 0.15) is 0 Å². The highest BCUT2D eigenvalue weighted by molar-refractivity contribution is 7.89. The van der Waals surface area contributed by atoms with Crippen LogP contribution in [0.5, 0.6) is 0 Å². The number of rotatable bonds is 4. The van der Waals surface area contributed by atoms with Crippen LogP contribution in [0.15, 0.2) is 41.3 Å². The molecule has 1 aromatic carbocycles. The molecule has 3 rings (SSSR count). The van der Waals surface area contributed by atoms with E-state index >= 15 is 0 Å². The molecule has 2 bridgehead atoms. The van der Waals surface area contributed by atoms with Crippen LogP contribution in [0.25, 0.3) is 0 Å². The molecule has 9 heteroatoms. The lowest BCUT2D eigenvalue weighted by atomic mass is 9.82. The van der Waals surface area contributed by atoms with E-state index < -0.39 is 45.9 Å². The summed E-state index contributed by atoms with van der Waals surface area (Å²) < 4.78 is 27.8. The van der Waals surface area contributed by atoms with E-state index in [2.05, 4.69) is 5.32 Å². The number of carboxylic acid groups (broad SMARTS) is 1. The first kappa shape index (κ1) is 15.7. The Morgan fingerprint density at radius 2 is 1.65 bits per heavy atom. The number of primary sulfonamides is 1. The quantitative estimate of drug-likeness (QED) is 0.657. The van der Waals surface area contributed by atoms with Crippen molar-refractivity contribution in [3.8, 4) is 0 Å². The Hall–Kier alpha value is -2.23. The summed E-state index contributed by atoms with van der Waals surface area (Å²) >= 11 is 0. The minimum absolute atomic E-state index is 0.0786. The van der Waals surface area contributed by atoms with Crippen molar-refractivity contribution >= 4 is 27.6 Å². The lowest BCUT2D eigenvalue weighted by Crippen LogP contribution is -2.39. The third kappa shape index (κ3) is 2.85. The normalized spacial score (nSPS) is 28.7. The number of carbonyl (C=O) groups excluding carboxylic acids is 1. The fourth-order valence-electron chi connectivity index (χ4n) is 2.87. The highest BCUT2D eigenvalue weighted by Crippen LogP contribution is 2.39. The van der Waals surface area contributed by atoms with Crippen molar-refractivity contribution in [1.82, 2.24) is 0 Å². The van der Waals surface area contributed by atoms with Crippen molar-refractivity contribution in [2.45, 2.75) is 17.1 Å². The number of anilines is 1. The van der Waals surface area contributed by atoms with Gasteiger partial charge in [-0.15, -0.1) is 0 Å². The average Bonchev–Trinajstić information content (AvgIpc) is 3.07. The summed E-state index contributed by atoms with van der Waals surface area (Å²) in [6.07, 6.45) is 2.16. The molecule has 1 fully saturated rings. The molecule has 2 aliphatic rings. The van der Waals surface area contributed by atoms with Gasteiger partial charge in [0.25, 0.3) is 0 Å². The van der Waals surface area contributed by atoms with E-state index in [1.165, 1.54) is 24.3 Å². The number of aliphatic carboxylic acids is 1. The molecule has 0 spiro atoms. The van der Waals surface area contributed by atoms with Crippen LogP contribution in [0.4, 0.5) is 5.69 Å². The van der Waals surface area contributed by atoms with E-state index in [-0.39, 0.29) is 4.90 Å². The summed E-state index contributed by atoms with van der Waals surface area (Å²) in [6, 6.07) is 5.29. The molecule has 4 atom stereocenters. The van der Waals surface area contributed by atoms with Crippen molar-refractivity contribution in [3.05, 3.63) is 36.4 Å². The van der Waals surface area contributed by atoms with Crippen LogP contribution in [-0.2, 0) is 24.3 Å². The molecule has 23 heavy (non-hydrogen) atoms. The lowest BCUT2D eigenvalue weighted by Gasteiger charge is -2.21. The molecule has 1 amide bonds. The molecule has 0 unspecified atom stereocenters. The van der Waals surface area contributed by atoms with Gasteiger partial charge in [-0.1, -0.05) is 12.2 Å². The van der Waals surface area contributed by atoms with Gasteiger partial charge in [-0.3, -0.25) is 9.59 Å². The first-order valence-electron chi connectivity index (χ1n) is 6.78. The van der Waals surface area contributed by atoms with Gasteiger partial charge in [0.05, 0.1) is 23.0 Å². The highest BCUT2D eigenvalue weighted by Gasteiger charge is 2.53. The molecule has 1 saturated heterocycles. The van der Waals surface area contributed by atoms with Crippen LogP contribution in [-0.4, -0.2) is 37.6 Å². The van der Waals surface area contributed by atoms with Gasteiger partial charge in [0.2, 0.25) is 15.9 Å². The molecule has 4 N–H and O–H groups in total. The highest BCUT2D eigenvalue weighted by atomic mass is 32.2. The second kappa shape index (κ2) is 5.44. The Morgan fingerprint density at radius 1 is 1.09 bits per heavy atom. The average molecular weight is 338 g/mol. The number of hydrogen-bond donors (Lipinski definition) is 3. The molecule has 0 saturated carbocycles. The van der Waals surface area contributed by atoms with Gasteiger partial charge < -0.3 is 15.2 Å². The molecular weight excluding hydrogens is 324 g/mol. The fourth-order valence-corrected chi connectivity index (χ4v) is 3.38. The van der Waals surface area contributed by atoms with Crippen molar-refractivity contribution in [2.24, 2.45) is 17.0 Å². The Labute approximate surface area is 132 Å². The Kier molecular flexibility index (Phi) is 3.71. The fraction of sp³-hybridized carbons (Fsp3) is 0.286. The van der Waals surface area contributed by atoms with E-state index in [1.54, 1.807) is 12.2 Å². The maximum Gasteiger partial charge on any atom is 0.310 e. The third-order valence-electron chi connectivity index (χ3n) is 3.94. The number of benzene rings is 1. The summed E-state index contributed by atoms with van der Waals surface area (Å²) in [4.78, 5) is 23.6. The number of ether oxygens (including phenoxy) is 1. The van der Waals surface area contributed by atoms with Crippen LogP contribution >= 0.6 is 0 Å². The molecule has 0 aliphatic carbocycles. The molecule has 8 nitrogen and oxygen atoms in total. The second-order valence-corrected chi connectivity index (χ2v) is 6.96. The minimum atomic E-state index is -3.81. The van der Waals surface area contributed by atoms with Crippen LogP contribution in [0.3, 0.4) is 0 Å². The SMILES string of the molecule is NS(=O)(=O)c1ccc(NC(=O)[C@H]2[C@@H](C(=O)O)[C@@H]3C=C[C@H]2O3)cc1. The molecule has 0 aromatic heterocycles. The summed E-state index contributed by atoms with van der Waals surface area (Å²) in [5, 5.41) is 16.8. The van der Waals surface area contributed by atoms with Crippen LogP contribution in [0.2, 0.25) is 0 Å². The first-order chi connectivity index (χ1) is 10.8. The van der Waals surface area contributed by atoms with Crippen molar-refractivity contribution in [2.75, 3.05) is 5.32 Å². The largest absolute Gasteiger partial charge is 0.481 e.